The van der Waals surface area contributed by atoms with Crippen molar-refractivity contribution in [1.29, 1.82) is 0 Å². The Kier molecular flexibility index (Phi) is 3.66. The van der Waals surface area contributed by atoms with Crippen LogP contribution in [0.4, 0.5) is 5.13 Å². The summed E-state index contributed by atoms with van der Waals surface area (Å²) >= 11 is 7.52. The van der Waals surface area contributed by atoms with Crippen LogP contribution in [0.2, 0.25) is 0 Å². The van der Waals surface area contributed by atoms with Gasteiger partial charge in [0.05, 0.1) is 10.2 Å². The maximum absolute atomic E-state index is 5.83. The van der Waals surface area contributed by atoms with Crippen molar-refractivity contribution in [2.24, 2.45) is 5.92 Å². The van der Waals surface area contributed by atoms with Crippen molar-refractivity contribution in [1.82, 2.24) is 4.98 Å². The van der Waals surface area contributed by atoms with Crippen LogP contribution in [0.1, 0.15) is 13.8 Å². The Morgan fingerprint density at radius 2 is 2.12 bits per heavy atom. The summed E-state index contributed by atoms with van der Waals surface area (Å²) in [6, 6.07) is 8.52. The third kappa shape index (κ3) is 2.47. The van der Waals surface area contributed by atoms with Gasteiger partial charge in [-0.25, -0.2) is 4.98 Å². The number of halogens is 1. The lowest BCUT2D eigenvalue weighted by Gasteiger charge is -2.18. The van der Waals surface area contributed by atoms with E-state index >= 15 is 0 Å². The molecule has 86 valence electrons. The second-order valence-corrected chi connectivity index (χ2v) is 5.39. The maximum atomic E-state index is 5.83. The van der Waals surface area contributed by atoms with Crippen LogP contribution < -0.4 is 5.32 Å². The lowest BCUT2D eigenvalue weighted by Crippen LogP contribution is -2.24. The number of alkyl halides is 1. The number of aromatic nitrogens is 1. The van der Waals surface area contributed by atoms with Gasteiger partial charge in [0.15, 0.2) is 5.13 Å². The fourth-order valence-electron chi connectivity index (χ4n) is 1.40. The number of para-hydroxylation sites is 1. The van der Waals surface area contributed by atoms with Gasteiger partial charge in [-0.3, -0.25) is 0 Å². The molecule has 2 unspecified atom stereocenters. The normalized spacial score (nSPS) is 14.9. The molecule has 1 N–H and O–H groups in total. The summed E-state index contributed by atoms with van der Waals surface area (Å²) in [7, 11) is 0. The zero-order valence-corrected chi connectivity index (χ0v) is 11.0. The summed E-state index contributed by atoms with van der Waals surface area (Å²) in [5.41, 5.74) is 1.06. The number of nitrogens with zero attached hydrogens (tertiary/aromatic N) is 1. The fourth-order valence-corrected chi connectivity index (χ4v) is 2.63. The van der Waals surface area contributed by atoms with E-state index in [-0.39, 0.29) is 0 Å². The first kappa shape index (κ1) is 11.7. The summed E-state index contributed by atoms with van der Waals surface area (Å²) in [5, 5.41) is 4.38. The van der Waals surface area contributed by atoms with Crippen LogP contribution in [-0.4, -0.2) is 16.9 Å². The largest absolute Gasteiger partial charge is 0.359 e. The molecule has 0 saturated heterocycles. The standard InChI is InChI=1S/C12H15ClN2S/c1-8(7-13)9(2)14-12-15-10-5-3-4-6-11(10)16-12/h3-6,8-9H,7H2,1-2H3,(H,14,15). The quantitative estimate of drug-likeness (QED) is 0.835. The zero-order valence-electron chi connectivity index (χ0n) is 9.40. The zero-order chi connectivity index (χ0) is 11.5. The molecule has 0 saturated carbocycles. The van der Waals surface area contributed by atoms with Gasteiger partial charge < -0.3 is 5.32 Å². The van der Waals surface area contributed by atoms with E-state index in [1.165, 1.54) is 4.70 Å². The molecular weight excluding hydrogens is 240 g/mol. The summed E-state index contributed by atoms with van der Waals surface area (Å²) in [5.74, 6) is 1.10. The highest BCUT2D eigenvalue weighted by Gasteiger charge is 2.12. The van der Waals surface area contributed by atoms with Crippen molar-refractivity contribution in [2.75, 3.05) is 11.2 Å². The van der Waals surface area contributed by atoms with E-state index in [1.54, 1.807) is 11.3 Å². The predicted molar refractivity (Wildman–Crippen MR) is 72.6 cm³/mol. The smallest absolute Gasteiger partial charge is 0.184 e. The van der Waals surface area contributed by atoms with E-state index in [0.29, 0.717) is 17.8 Å². The molecule has 0 aliphatic heterocycles. The Bertz CT molecular complexity index is 436. The number of nitrogens with one attached hydrogen (secondary N) is 1. The molecule has 0 aliphatic carbocycles. The Balaban J connectivity index is 2.15. The third-order valence-corrected chi connectivity index (χ3v) is 4.20. The highest BCUT2D eigenvalue weighted by atomic mass is 35.5. The molecular formula is C12H15ClN2S. The van der Waals surface area contributed by atoms with Gasteiger partial charge in [-0.2, -0.15) is 0 Å². The monoisotopic (exact) mass is 254 g/mol. The number of hydrogen-bond acceptors (Lipinski definition) is 3. The molecule has 0 fully saturated rings. The minimum atomic E-state index is 0.345. The van der Waals surface area contributed by atoms with Crippen molar-refractivity contribution in [3.05, 3.63) is 24.3 Å². The van der Waals surface area contributed by atoms with Crippen molar-refractivity contribution in [3.8, 4) is 0 Å². The molecule has 0 bridgehead atoms. The molecule has 2 aromatic rings. The molecule has 1 aromatic heterocycles. The van der Waals surface area contributed by atoms with E-state index in [0.717, 1.165) is 10.6 Å². The highest BCUT2D eigenvalue weighted by Crippen LogP contribution is 2.26. The van der Waals surface area contributed by atoms with Crippen molar-refractivity contribution in [2.45, 2.75) is 19.9 Å². The molecule has 1 heterocycles. The lowest BCUT2D eigenvalue weighted by molar-refractivity contribution is 0.566. The van der Waals surface area contributed by atoms with Gasteiger partial charge in [0.1, 0.15) is 0 Å². The number of benzene rings is 1. The molecule has 2 nitrogen and oxygen atoms in total. The fraction of sp³-hybridized carbons (Fsp3) is 0.417. The average Bonchev–Trinajstić information content (AvgIpc) is 2.69. The van der Waals surface area contributed by atoms with Crippen LogP contribution in [0.15, 0.2) is 24.3 Å². The molecule has 4 heteroatoms. The molecule has 2 rings (SSSR count). The van der Waals surface area contributed by atoms with E-state index in [9.17, 15) is 0 Å². The maximum Gasteiger partial charge on any atom is 0.184 e. The molecule has 2 atom stereocenters. The molecule has 0 aliphatic rings. The minimum absolute atomic E-state index is 0.345. The van der Waals surface area contributed by atoms with Gasteiger partial charge in [0.2, 0.25) is 0 Å². The van der Waals surface area contributed by atoms with Gasteiger partial charge in [-0.15, -0.1) is 11.6 Å². The summed E-state index contributed by atoms with van der Waals surface area (Å²) in [6.45, 7) is 4.27. The number of hydrogen-bond donors (Lipinski definition) is 1. The number of rotatable bonds is 4. The van der Waals surface area contributed by atoms with Gasteiger partial charge in [0, 0.05) is 11.9 Å². The third-order valence-electron chi connectivity index (χ3n) is 2.74. The molecule has 16 heavy (non-hydrogen) atoms. The highest BCUT2D eigenvalue weighted by molar-refractivity contribution is 7.22. The van der Waals surface area contributed by atoms with Crippen molar-refractivity contribution >= 4 is 38.3 Å². The first-order chi connectivity index (χ1) is 7.70. The topological polar surface area (TPSA) is 24.9 Å². The van der Waals surface area contributed by atoms with Crippen LogP contribution in [-0.2, 0) is 0 Å². The number of thiazole rings is 1. The average molecular weight is 255 g/mol. The Labute approximate surface area is 105 Å². The Hall–Kier alpha value is -0.800. The lowest BCUT2D eigenvalue weighted by atomic mass is 10.1. The first-order valence-corrected chi connectivity index (χ1v) is 6.74. The van der Waals surface area contributed by atoms with E-state index in [1.807, 2.05) is 18.2 Å². The summed E-state index contributed by atoms with van der Waals surface area (Å²) in [6.07, 6.45) is 0. The molecule has 0 spiro atoms. The van der Waals surface area contributed by atoms with Crippen LogP contribution in [0, 0.1) is 5.92 Å². The molecule has 0 radical (unpaired) electrons. The number of anilines is 1. The minimum Gasteiger partial charge on any atom is -0.359 e. The van der Waals surface area contributed by atoms with E-state index in [2.05, 4.69) is 30.2 Å². The Morgan fingerprint density at radius 1 is 1.38 bits per heavy atom. The van der Waals surface area contributed by atoms with Crippen LogP contribution >= 0.6 is 22.9 Å². The van der Waals surface area contributed by atoms with Crippen molar-refractivity contribution in [3.63, 3.8) is 0 Å². The van der Waals surface area contributed by atoms with E-state index in [4.69, 9.17) is 11.6 Å². The summed E-state index contributed by atoms with van der Waals surface area (Å²) in [4.78, 5) is 4.53. The number of fused-ring (bicyclic) bond motifs is 1. The van der Waals surface area contributed by atoms with Crippen molar-refractivity contribution < 1.29 is 0 Å². The predicted octanol–water partition coefficient (Wildman–Crippen LogP) is 3.97. The second kappa shape index (κ2) is 5.02. The summed E-state index contributed by atoms with van der Waals surface area (Å²) < 4.78 is 1.22. The van der Waals surface area contributed by atoms with E-state index < -0.39 is 0 Å². The van der Waals surface area contributed by atoms with Gasteiger partial charge in [-0.05, 0) is 25.0 Å². The molecule has 0 amide bonds. The van der Waals surface area contributed by atoms with Gasteiger partial charge >= 0.3 is 0 Å². The molecule has 1 aromatic carbocycles. The van der Waals surface area contributed by atoms with Crippen LogP contribution in [0.5, 0.6) is 0 Å². The van der Waals surface area contributed by atoms with Crippen LogP contribution in [0.25, 0.3) is 10.2 Å². The van der Waals surface area contributed by atoms with Crippen LogP contribution in [0.3, 0.4) is 0 Å². The van der Waals surface area contributed by atoms with Gasteiger partial charge in [0.25, 0.3) is 0 Å². The second-order valence-electron chi connectivity index (χ2n) is 4.05. The first-order valence-electron chi connectivity index (χ1n) is 5.39. The van der Waals surface area contributed by atoms with Gasteiger partial charge in [-0.1, -0.05) is 30.4 Å². The Morgan fingerprint density at radius 3 is 2.81 bits per heavy atom. The SMILES string of the molecule is CC(CCl)C(C)Nc1nc2ccccc2s1.